The van der Waals surface area contributed by atoms with Gasteiger partial charge in [0.15, 0.2) is 0 Å². The number of imidazole rings is 1. The average molecular weight is 449 g/mol. The van der Waals surface area contributed by atoms with Crippen LogP contribution < -0.4 is 10.1 Å². The number of benzene rings is 2. The van der Waals surface area contributed by atoms with Gasteiger partial charge in [0.2, 0.25) is 5.91 Å². The van der Waals surface area contributed by atoms with E-state index >= 15 is 0 Å². The van der Waals surface area contributed by atoms with Crippen LogP contribution in [-0.4, -0.2) is 52.9 Å². The van der Waals surface area contributed by atoms with Crippen LogP contribution in [0.4, 0.5) is 0 Å². The number of ether oxygens (including phenoxy) is 1. The van der Waals surface area contributed by atoms with Crippen LogP contribution in [0, 0.1) is 26.2 Å². The van der Waals surface area contributed by atoms with Crippen LogP contribution in [0.5, 0.6) is 5.75 Å². The number of nitrogens with zero attached hydrogens (tertiary/aromatic N) is 2. The molecule has 174 valence electrons. The molecule has 1 aliphatic heterocycles. The molecule has 2 N–H and O–H groups in total. The number of hydrogen-bond acceptors (Lipinski definition) is 4. The van der Waals surface area contributed by atoms with Crippen molar-refractivity contribution in [2.45, 2.75) is 40.5 Å². The van der Waals surface area contributed by atoms with Gasteiger partial charge in [0, 0.05) is 18.7 Å². The monoisotopic (exact) mass is 448 g/mol. The van der Waals surface area contributed by atoms with Gasteiger partial charge in [0.25, 0.3) is 5.91 Å². The fourth-order valence-corrected chi connectivity index (χ4v) is 4.55. The first-order valence-electron chi connectivity index (χ1n) is 11.5. The quantitative estimate of drug-likeness (QED) is 0.560. The minimum Gasteiger partial charge on any atom is -0.491 e. The van der Waals surface area contributed by atoms with Crippen molar-refractivity contribution < 1.29 is 14.3 Å². The number of amides is 2. The Balaban J connectivity index is 1.34. The molecule has 1 aliphatic rings. The topological polar surface area (TPSA) is 87.3 Å². The van der Waals surface area contributed by atoms with Gasteiger partial charge in [-0.2, -0.15) is 0 Å². The summed E-state index contributed by atoms with van der Waals surface area (Å²) in [4.78, 5) is 35.5. The number of aromatic nitrogens is 2. The second kappa shape index (κ2) is 9.25. The number of carbonyl (C=O) groups excluding carboxylic acids is 2. The van der Waals surface area contributed by atoms with Crippen molar-refractivity contribution in [1.29, 1.82) is 0 Å². The summed E-state index contributed by atoms with van der Waals surface area (Å²) in [6, 6.07) is 11.6. The Morgan fingerprint density at radius 3 is 2.79 bits per heavy atom. The van der Waals surface area contributed by atoms with E-state index in [1.807, 2.05) is 52.0 Å². The summed E-state index contributed by atoms with van der Waals surface area (Å²) in [6.45, 7) is 9.77. The number of H-pyrrole nitrogens is 1. The van der Waals surface area contributed by atoms with Gasteiger partial charge in [-0.25, -0.2) is 4.98 Å². The summed E-state index contributed by atoms with van der Waals surface area (Å²) in [5, 5.41) is 3.01. The van der Waals surface area contributed by atoms with E-state index in [4.69, 9.17) is 4.74 Å². The molecule has 1 fully saturated rings. The van der Waals surface area contributed by atoms with E-state index in [-0.39, 0.29) is 11.8 Å². The van der Waals surface area contributed by atoms with Crippen molar-refractivity contribution >= 4 is 22.8 Å². The van der Waals surface area contributed by atoms with Crippen molar-refractivity contribution in [3.8, 4) is 5.75 Å². The van der Waals surface area contributed by atoms with E-state index in [0.29, 0.717) is 31.8 Å². The molecule has 0 spiro atoms. The standard InChI is InChI=1S/C26H32N4O3/c1-17-6-9-23(18(2)14-17)33-13-11-27-25(32)26(4)10-5-12-30(16-26)24(31)20-7-8-21-22(15-20)29-19(3)28-21/h6-9,14-15H,5,10-13,16H2,1-4H3,(H,27,32)(H,28,29)/t26-/m0/s1. The van der Waals surface area contributed by atoms with Crippen LogP contribution in [0.1, 0.15) is 47.1 Å². The van der Waals surface area contributed by atoms with E-state index < -0.39 is 5.41 Å². The summed E-state index contributed by atoms with van der Waals surface area (Å²) in [6.07, 6.45) is 1.54. The zero-order chi connectivity index (χ0) is 23.6. The van der Waals surface area contributed by atoms with Gasteiger partial charge in [-0.15, -0.1) is 0 Å². The number of aromatic amines is 1. The lowest BCUT2D eigenvalue weighted by Crippen LogP contribution is -2.52. The number of rotatable bonds is 6. The summed E-state index contributed by atoms with van der Waals surface area (Å²) >= 11 is 0. The Hall–Kier alpha value is -3.35. The number of piperidine rings is 1. The third-order valence-electron chi connectivity index (χ3n) is 6.35. The Labute approximate surface area is 194 Å². The van der Waals surface area contributed by atoms with Gasteiger partial charge in [-0.1, -0.05) is 17.7 Å². The Morgan fingerprint density at radius 1 is 1.18 bits per heavy atom. The average Bonchev–Trinajstić information content (AvgIpc) is 3.16. The third kappa shape index (κ3) is 5.02. The highest BCUT2D eigenvalue weighted by molar-refractivity contribution is 5.98. The van der Waals surface area contributed by atoms with E-state index in [2.05, 4.69) is 21.4 Å². The van der Waals surface area contributed by atoms with Crippen molar-refractivity contribution in [1.82, 2.24) is 20.2 Å². The largest absolute Gasteiger partial charge is 0.491 e. The van der Waals surface area contributed by atoms with Crippen molar-refractivity contribution in [3.05, 3.63) is 58.9 Å². The number of aryl methyl sites for hydroxylation is 3. The molecule has 0 radical (unpaired) electrons. The van der Waals surface area contributed by atoms with Gasteiger partial charge in [-0.05, 0) is 70.4 Å². The molecule has 2 aromatic carbocycles. The zero-order valence-electron chi connectivity index (χ0n) is 19.8. The molecule has 1 atom stereocenters. The molecule has 7 heteroatoms. The molecule has 0 bridgehead atoms. The van der Waals surface area contributed by atoms with Crippen molar-refractivity contribution in [3.63, 3.8) is 0 Å². The zero-order valence-corrected chi connectivity index (χ0v) is 19.8. The molecular weight excluding hydrogens is 416 g/mol. The Bertz CT molecular complexity index is 1190. The van der Waals surface area contributed by atoms with Crippen LogP contribution in [-0.2, 0) is 4.79 Å². The van der Waals surface area contributed by atoms with Crippen molar-refractivity contribution in [2.24, 2.45) is 5.41 Å². The van der Waals surface area contributed by atoms with Crippen molar-refractivity contribution in [2.75, 3.05) is 26.2 Å². The highest BCUT2D eigenvalue weighted by atomic mass is 16.5. The first-order chi connectivity index (χ1) is 15.7. The van der Waals surface area contributed by atoms with Gasteiger partial charge in [0.1, 0.15) is 18.2 Å². The summed E-state index contributed by atoms with van der Waals surface area (Å²) in [5.41, 5.74) is 3.95. The summed E-state index contributed by atoms with van der Waals surface area (Å²) in [5.74, 6) is 1.56. The molecule has 7 nitrogen and oxygen atoms in total. The van der Waals surface area contributed by atoms with Gasteiger partial charge in [0.05, 0.1) is 23.0 Å². The number of nitrogens with one attached hydrogen (secondary N) is 2. The molecule has 0 unspecified atom stereocenters. The lowest BCUT2D eigenvalue weighted by atomic mass is 9.80. The molecule has 1 aromatic heterocycles. The fraction of sp³-hybridized carbons (Fsp3) is 0.423. The molecule has 0 aliphatic carbocycles. The maximum absolute atomic E-state index is 13.2. The Kier molecular flexibility index (Phi) is 6.40. The SMILES string of the molecule is Cc1ccc(OCCNC(=O)[C@@]2(C)CCCN(C(=O)c3ccc4nc(C)[nH]c4c3)C2)c(C)c1. The van der Waals surface area contributed by atoms with Crippen LogP contribution in [0.15, 0.2) is 36.4 Å². The van der Waals surface area contributed by atoms with E-state index in [9.17, 15) is 9.59 Å². The first kappa shape index (κ1) is 22.8. The summed E-state index contributed by atoms with van der Waals surface area (Å²) in [7, 11) is 0. The molecule has 2 heterocycles. The highest BCUT2D eigenvalue weighted by Crippen LogP contribution is 2.31. The smallest absolute Gasteiger partial charge is 0.253 e. The third-order valence-corrected chi connectivity index (χ3v) is 6.35. The molecule has 2 amide bonds. The number of fused-ring (bicyclic) bond motifs is 1. The van der Waals surface area contributed by atoms with Crippen LogP contribution >= 0.6 is 0 Å². The second-order valence-electron chi connectivity index (χ2n) is 9.32. The lowest BCUT2D eigenvalue weighted by molar-refractivity contribution is -0.132. The first-order valence-corrected chi connectivity index (χ1v) is 11.5. The molecule has 0 saturated carbocycles. The molecule has 4 rings (SSSR count). The minimum absolute atomic E-state index is 0.0381. The predicted molar refractivity (Wildman–Crippen MR) is 128 cm³/mol. The second-order valence-corrected chi connectivity index (χ2v) is 9.32. The fourth-order valence-electron chi connectivity index (χ4n) is 4.55. The predicted octanol–water partition coefficient (Wildman–Crippen LogP) is 3.93. The van der Waals surface area contributed by atoms with Gasteiger partial charge < -0.3 is 19.9 Å². The number of carbonyl (C=O) groups is 2. The highest BCUT2D eigenvalue weighted by Gasteiger charge is 2.39. The van der Waals surface area contributed by atoms with Gasteiger partial charge in [-0.3, -0.25) is 9.59 Å². The normalized spacial score (nSPS) is 18.4. The molecular formula is C26H32N4O3. The van der Waals surface area contributed by atoms with E-state index in [1.54, 1.807) is 11.0 Å². The molecule has 3 aromatic rings. The molecule has 1 saturated heterocycles. The van der Waals surface area contributed by atoms with Gasteiger partial charge >= 0.3 is 0 Å². The summed E-state index contributed by atoms with van der Waals surface area (Å²) < 4.78 is 5.83. The van der Waals surface area contributed by atoms with E-state index in [0.717, 1.165) is 41.0 Å². The van der Waals surface area contributed by atoms with Crippen LogP contribution in [0.2, 0.25) is 0 Å². The van der Waals surface area contributed by atoms with E-state index in [1.165, 1.54) is 5.56 Å². The number of hydrogen-bond donors (Lipinski definition) is 2. The van der Waals surface area contributed by atoms with Crippen LogP contribution in [0.3, 0.4) is 0 Å². The maximum Gasteiger partial charge on any atom is 0.253 e. The minimum atomic E-state index is -0.623. The van der Waals surface area contributed by atoms with Crippen LogP contribution in [0.25, 0.3) is 11.0 Å². The maximum atomic E-state index is 13.2. The molecule has 33 heavy (non-hydrogen) atoms. The lowest BCUT2D eigenvalue weighted by Gasteiger charge is -2.39. The Morgan fingerprint density at radius 2 is 2.00 bits per heavy atom. The number of likely N-dealkylation sites (tertiary alicyclic amines) is 1.